The summed E-state index contributed by atoms with van der Waals surface area (Å²) in [4.78, 5) is 36.1. The predicted molar refractivity (Wildman–Crippen MR) is 103 cm³/mol. The van der Waals surface area contributed by atoms with E-state index in [-0.39, 0.29) is 12.3 Å². The normalized spacial score (nSPS) is 21.1. The number of hydrazone groups is 1. The van der Waals surface area contributed by atoms with E-state index >= 15 is 0 Å². The van der Waals surface area contributed by atoms with Gasteiger partial charge >= 0.3 is 5.97 Å². The Balaban J connectivity index is 1.48. The Kier molecular flexibility index (Phi) is 5.35. The second kappa shape index (κ2) is 8.08. The van der Waals surface area contributed by atoms with Crippen LogP contribution in [0.2, 0.25) is 5.02 Å². The maximum atomic E-state index is 12.8. The number of ether oxygens (including phenoxy) is 1. The minimum absolute atomic E-state index is 0.201. The van der Waals surface area contributed by atoms with E-state index in [1.54, 1.807) is 24.3 Å². The van der Waals surface area contributed by atoms with Gasteiger partial charge < -0.3 is 14.5 Å². The fourth-order valence-electron chi connectivity index (χ4n) is 3.35. The maximum Gasteiger partial charge on any atom is 0.329 e. The van der Waals surface area contributed by atoms with Crippen molar-refractivity contribution in [2.75, 3.05) is 6.61 Å². The molecule has 0 bridgehead atoms. The number of hydrogen-bond donors (Lipinski definition) is 1. The summed E-state index contributed by atoms with van der Waals surface area (Å²) in [6.45, 7) is -0.472. The lowest BCUT2D eigenvalue weighted by Crippen LogP contribution is -2.37. The quantitative estimate of drug-likeness (QED) is 0.756. The van der Waals surface area contributed by atoms with E-state index in [1.165, 1.54) is 11.3 Å². The van der Waals surface area contributed by atoms with Crippen molar-refractivity contribution in [3.8, 4) is 0 Å². The van der Waals surface area contributed by atoms with Gasteiger partial charge in [0.25, 0.3) is 5.91 Å². The van der Waals surface area contributed by atoms with Crippen LogP contribution in [0.5, 0.6) is 0 Å². The van der Waals surface area contributed by atoms with Gasteiger partial charge in [-0.1, -0.05) is 23.7 Å². The molecule has 1 saturated heterocycles. The molecule has 3 heterocycles. The lowest BCUT2D eigenvalue weighted by molar-refractivity contribution is -0.154. The van der Waals surface area contributed by atoms with Crippen molar-refractivity contribution < 1.29 is 23.5 Å². The van der Waals surface area contributed by atoms with E-state index in [1.807, 2.05) is 12.1 Å². The standard InChI is InChI=1S/C20H18ClN3O5/c21-13-5-3-12(4-6-13)15-10-16(17-2-1-9-28-17)24(23-15)19(26)11-29-20(27)14-7-8-18(25)22-14/h1-6,9,14,16H,7-8,10-11H2,(H,22,25). The van der Waals surface area contributed by atoms with Gasteiger partial charge in [-0.15, -0.1) is 0 Å². The van der Waals surface area contributed by atoms with Crippen LogP contribution in [-0.2, 0) is 19.1 Å². The number of nitrogens with one attached hydrogen (secondary N) is 1. The van der Waals surface area contributed by atoms with Crippen molar-refractivity contribution in [2.24, 2.45) is 5.10 Å². The number of esters is 1. The van der Waals surface area contributed by atoms with Crippen LogP contribution in [-0.4, -0.2) is 41.2 Å². The molecular weight excluding hydrogens is 398 g/mol. The number of amides is 2. The first kappa shape index (κ1) is 19.2. The van der Waals surface area contributed by atoms with Crippen molar-refractivity contribution in [3.63, 3.8) is 0 Å². The minimum Gasteiger partial charge on any atom is -0.467 e. The highest BCUT2D eigenvalue weighted by atomic mass is 35.5. The molecule has 0 aliphatic carbocycles. The molecule has 0 spiro atoms. The monoisotopic (exact) mass is 415 g/mol. The molecule has 2 aliphatic heterocycles. The number of carbonyl (C=O) groups excluding carboxylic acids is 3. The van der Waals surface area contributed by atoms with E-state index in [9.17, 15) is 14.4 Å². The molecule has 0 saturated carbocycles. The van der Waals surface area contributed by atoms with Crippen LogP contribution in [0.1, 0.15) is 36.6 Å². The van der Waals surface area contributed by atoms with Gasteiger partial charge in [-0.2, -0.15) is 5.10 Å². The first-order valence-corrected chi connectivity index (χ1v) is 9.54. The number of hydrogen-bond acceptors (Lipinski definition) is 6. The lowest BCUT2D eigenvalue weighted by Gasteiger charge is -2.20. The molecule has 2 amide bonds. The Bertz CT molecular complexity index is 955. The molecule has 2 unspecified atom stereocenters. The zero-order chi connectivity index (χ0) is 20.4. The van der Waals surface area contributed by atoms with Crippen molar-refractivity contribution in [3.05, 3.63) is 59.0 Å². The Morgan fingerprint density at radius 1 is 1.28 bits per heavy atom. The second-order valence-electron chi connectivity index (χ2n) is 6.79. The topological polar surface area (TPSA) is 101 Å². The molecule has 1 aromatic heterocycles. The van der Waals surface area contributed by atoms with Gasteiger partial charge in [0.05, 0.1) is 12.0 Å². The van der Waals surface area contributed by atoms with Crippen LogP contribution in [0.25, 0.3) is 0 Å². The van der Waals surface area contributed by atoms with E-state index < -0.39 is 30.6 Å². The third-order valence-corrected chi connectivity index (χ3v) is 5.08. The molecule has 4 rings (SSSR count). The number of halogens is 1. The van der Waals surface area contributed by atoms with Crippen LogP contribution in [0, 0.1) is 0 Å². The second-order valence-corrected chi connectivity index (χ2v) is 7.23. The number of furan rings is 1. The van der Waals surface area contributed by atoms with Gasteiger partial charge in [0.1, 0.15) is 17.8 Å². The molecule has 2 aliphatic rings. The van der Waals surface area contributed by atoms with Crippen molar-refractivity contribution in [1.82, 2.24) is 10.3 Å². The third-order valence-electron chi connectivity index (χ3n) is 4.83. The Hall–Kier alpha value is -3.13. The summed E-state index contributed by atoms with van der Waals surface area (Å²) in [6, 6.07) is 9.53. The zero-order valence-corrected chi connectivity index (χ0v) is 16.1. The van der Waals surface area contributed by atoms with E-state index in [0.717, 1.165) is 5.56 Å². The van der Waals surface area contributed by atoms with Crippen LogP contribution in [0.3, 0.4) is 0 Å². The number of rotatable bonds is 5. The summed E-state index contributed by atoms with van der Waals surface area (Å²) >= 11 is 5.95. The van der Waals surface area contributed by atoms with Gasteiger partial charge in [-0.3, -0.25) is 9.59 Å². The molecule has 1 aromatic carbocycles. The van der Waals surface area contributed by atoms with E-state index in [2.05, 4.69) is 10.4 Å². The molecule has 8 nitrogen and oxygen atoms in total. The van der Waals surface area contributed by atoms with Gasteiger partial charge in [0.2, 0.25) is 5.91 Å². The molecule has 2 atom stereocenters. The van der Waals surface area contributed by atoms with Crippen molar-refractivity contribution >= 4 is 35.1 Å². The summed E-state index contributed by atoms with van der Waals surface area (Å²) in [5.74, 6) is -0.721. The molecule has 150 valence electrons. The van der Waals surface area contributed by atoms with E-state index in [0.29, 0.717) is 29.3 Å². The van der Waals surface area contributed by atoms with Crippen LogP contribution in [0.15, 0.2) is 52.2 Å². The van der Waals surface area contributed by atoms with E-state index in [4.69, 9.17) is 20.8 Å². The first-order valence-electron chi connectivity index (χ1n) is 9.16. The summed E-state index contributed by atoms with van der Waals surface area (Å²) in [5.41, 5.74) is 1.54. The number of carbonyl (C=O) groups is 3. The third kappa shape index (κ3) is 4.17. The van der Waals surface area contributed by atoms with Crippen LogP contribution >= 0.6 is 11.6 Å². The smallest absolute Gasteiger partial charge is 0.329 e. The highest BCUT2D eigenvalue weighted by Gasteiger charge is 2.36. The average molecular weight is 416 g/mol. The molecule has 9 heteroatoms. The van der Waals surface area contributed by atoms with Gasteiger partial charge in [0, 0.05) is 17.9 Å². The minimum atomic E-state index is -0.706. The highest BCUT2D eigenvalue weighted by molar-refractivity contribution is 6.30. The summed E-state index contributed by atoms with van der Waals surface area (Å²) < 4.78 is 10.6. The highest BCUT2D eigenvalue weighted by Crippen LogP contribution is 2.33. The Labute approximate surface area is 171 Å². The van der Waals surface area contributed by atoms with Crippen molar-refractivity contribution in [1.29, 1.82) is 0 Å². The predicted octanol–water partition coefficient (Wildman–Crippen LogP) is 2.43. The number of benzene rings is 1. The zero-order valence-electron chi connectivity index (χ0n) is 15.3. The molecule has 1 fully saturated rings. The molecule has 0 radical (unpaired) electrons. The Morgan fingerprint density at radius 3 is 2.72 bits per heavy atom. The summed E-state index contributed by atoms with van der Waals surface area (Å²) in [6.07, 6.45) is 2.62. The summed E-state index contributed by atoms with van der Waals surface area (Å²) in [7, 11) is 0. The largest absolute Gasteiger partial charge is 0.467 e. The fraction of sp³-hybridized carbons (Fsp3) is 0.300. The molecular formula is C20H18ClN3O5. The molecule has 29 heavy (non-hydrogen) atoms. The van der Waals surface area contributed by atoms with Crippen molar-refractivity contribution in [2.45, 2.75) is 31.3 Å². The van der Waals surface area contributed by atoms with Gasteiger partial charge in [-0.05, 0) is 36.2 Å². The Morgan fingerprint density at radius 2 is 2.07 bits per heavy atom. The fourth-order valence-corrected chi connectivity index (χ4v) is 3.48. The molecule has 1 N–H and O–H groups in total. The SMILES string of the molecule is O=C1CCC(C(=O)OCC(=O)N2N=C(c3ccc(Cl)cc3)CC2c2ccco2)N1. The van der Waals surface area contributed by atoms with Gasteiger partial charge in [-0.25, -0.2) is 9.80 Å². The lowest BCUT2D eigenvalue weighted by atomic mass is 10.0. The van der Waals surface area contributed by atoms with Crippen LogP contribution in [0.4, 0.5) is 0 Å². The van der Waals surface area contributed by atoms with Gasteiger partial charge in [0.15, 0.2) is 6.61 Å². The average Bonchev–Trinajstić information content (AvgIpc) is 3.46. The maximum absolute atomic E-state index is 12.8. The van der Waals surface area contributed by atoms with Crippen LogP contribution < -0.4 is 5.32 Å². The first-order chi connectivity index (χ1) is 14.0. The molecule has 2 aromatic rings. The summed E-state index contributed by atoms with van der Waals surface area (Å²) in [5, 5.41) is 8.85. The number of nitrogens with zero attached hydrogens (tertiary/aromatic N) is 2.